The van der Waals surface area contributed by atoms with E-state index in [1.807, 2.05) is 69.3 Å². The number of nitrogen functional groups attached to an aromatic ring is 1. The zero-order valence-electron chi connectivity index (χ0n) is 17.3. The van der Waals surface area contributed by atoms with E-state index in [9.17, 15) is 4.79 Å². The minimum atomic E-state index is -0.277. The highest BCUT2D eigenvalue weighted by Gasteiger charge is 2.24. The van der Waals surface area contributed by atoms with Gasteiger partial charge in [0.2, 0.25) is 0 Å². The molecule has 152 valence electrons. The summed E-state index contributed by atoms with van der Waals surface area (Å²) < 4.78 is 1.49. The molecule has 0 bridgehead atoms. The van der Waals surface area contributed by atoms with Crippen LogP contribution in [0.25, 0.3) is 22.2 Å². The van der Waals surface area contributed by atoms with Crippen LogP contribution in [0.4, 0.5) is 5.82 Å². The van der Waals surface area contributed by atoms with Gasteiger partial charge in [0.25, 0.3) is 5.91 Å². The number of carbonyl (C=O) groups excluding carboxylic acids is 1. The van der Waals surface area contributed by atoms with E-state index in [0.29, 0.717) is 27.8 Å². The smallest absolute Gasteiger partial charge is 0.257 e. The van der Waals surface area contributed by atoms with Crippen molar-refractivity contribution in [3.05, 3.63) is 65.2 Å². The maximum absolute atomic E-state index is 13.0. The maximum Gasteiger partial charge on any atom is 0.257 e. The molecule has 0 saturated carbocycles. The summed E-state index contributed by atoms with van der Waals surface area (Å²) in [6.45, 7) is 5.98. The van der Waals surface area contributed by atoms with Gasteiger partial charge in [0.15, 0.2) is 5.65 Å². The van der Waals surface area contributed by atoms with E-state index in [2.05, 4.69) is 15.4 Å². The number of nitrogens with one attached hydrogen (secondary N) is 1. The Labute approximate surface area is 174 Å². The van der Waals surface area contributed by atoms with Crippen molar-refractivity contribution in [2.24, 2.45) is 5.10 Å². The molecule has 0 unspecified atom stereocenters. The number of hydrogen-bond donors (Lipinski definition) is 2. The minimum Gasteiger partial charge on any atom is -0.383 e. The third kappa shape index (κ3) is 3.61. The fourth-order valence-electron chi connectivity index (χ4n) is 3.26. The molecule has 7 heteroatoms. The van der Waals surface area contributed by atoms with Gasteiger partial charge in [0.1, 0.15) is 16.9 Å². The maximum atomic E-state index is 13.0. The second kappa shape index (κ2) is 7.94. The number of carbonyl (C=O) groups is 1. The van der Waals surface area contributed by atoms with Crippen LogP contribution in [0.1, 0.15) is 41.8 Å². The summed E-state index contributed by atoms with van der Waals surface area (Å²) in [6.07, 6.45) is 2.51. The fraction of sp³-hybridized carbons (Fsp3) is 0.217. The van der Waals surface area contributed by atoms with Crippen molar-refractivity contribution in [2.75, 3.05) is 5.73 Å². The van der Waals surface area contributed by atoms with Crippen LogP contribution in [0, 0.1) is 6.92 Å². The molecule has 2 heterocycles. The second-order valence-corrected chi connectivity index (χ2v) is 7.40. The normalized spacial score (nSPS) is 12.6. The Hall–Kier alpha value is -3.74. The molecule has 0 aliphatic heterocycles. The third-order valence-corrected chi connectivity index (χ3v) is 5.06. The molecular weight excluding hydrogens is 376 g/mol. The van der Waals surface area contributed by atoms with Crippen LogP contribution in [0.15, 0.2) is 53.6 Å². The summed E-state index contributed by atoms with van der Waals surface area (Å²) in [5.41, 5.74) is 11.0. The van der Waals surface area contributed by atoms with Gasteiger partial charge in [-0.05, 0) is 38.0 Å². The molecule has 0 aliphatic carbocycles. The minimum absolute atomic E-state index is 0.0134. The quantitative estimate of drug-likeness (QED) is 0.497. The lowest BCUT2D eigenvalue weighted by molar-refractivity contribution is 0.0941. The zero-order valence-corrected chi connectivity index (χ0v) is 17.3. The lowest BCUT2D eigenvalue weighted by Crippen LogP contribution is -2.32. The number of rotatable bonds is 5. The van der Waals surface area contributed by atoms with E-state index >= 15 is 0 Å². The Morgan fingerprint density at radius 1 is 1.20 bits per heavy atom. The first-order valence-corrected chi connectivity index (χ1v) is 9.96. The molecular formula is C23H24N6O. The predicted molar refractivity (Wildman–Crippen MR) is 121 cm³/mol. The lowest BCUT2D eigenvalue weighted by atomic mass is 10.2. The topological polar surface area (TPSA) is 98.2 Å². The van der Waals surface area contributed by atoms with E-state index in [4.69, 9.17) is 10.7 Å². The average molecular weight is 400 g/mol. The van der Waals surface area contributed by atoms with Crippen LogP contribution in [-0.2, 0) is 0 Å². The molecule has 0 saturated heterocycles. The number of nitrogens with zero attached hydrogens (tertiary/aromatic N) is 4. The first kappa shape index (κ1) is 19.6. The average Bonchev–Trinajstić information content (AvgIpc) is 3.00. The molecule has 4 aromatic rings. The van der Waals surface area contributed by atoms with E-state index < -0.39 is 0 Å². The number of aromatic nitrogens is 3. The van der Waals surface area contributed by atoms with Crippen molar-refractivity contribution < 1.29 is 4.79 Å². The Morgan fingerprint density at radius 3 is 2.63 bits per heavy atom. The second-order valence-electron chi connectivity index (χ2n) is 7.40. The number of nitrogens with two attached hydrogens (primary N) is 1. The Kier molecular flexibility index (Phi) is 5.18. The van der Waals surface area contributed by atoms with Gasteiger partial charge in [0, 0.05) is 6.04 Å². The summed E-state index contributed by atoms with van der Waals surface area (Å²) in [7, 11) is 0. The van der Waals surface area contributed by atoms with Gasteiger partial charge in [-0.3, -0.25) is 4.79 Å². The number of anilines is 1. The highest BCUT2D eigenvalue weighted by Crippen LogP contribution is 2.28. The molecule has 2 aromatic carbocycles. The first-order chi connectivity index (χ1) is 14.5. The summed E-state index contributed by atoms with van der Waals surface area (Å²) >= 11 is 0. The van der Waals surface area contributed by atoms with Crippen LogP contribution >= 0.6 is 0 Å². The van der Waals surface area contributed by atoms with Crippen molar-refractivity contribution in [3.8, 4) is 0 Å². The van der Waals surface area contributed by atoms with Crippen LogP contribution in [0.3, 0.4) is 0 Å². The van der Waals surface area contributed by atoms with Gasteiger partial charge in [-0.25, -0.2) is 9.97 Å². The standard InChI is InChI=1S/C23H24N6O/c1-4-15(3)26-23(30)19-20-22(28-18-11-6-5-10-17(18)27-20)29(21(19)24)25-13-16-9-7-8-14(2)12-16/h5-13,15H,4,24H2,1-3H3,(H,26,30)/b25-13-/t15-/m1/s1. The number of amides is 1. The molecule has 0 radical (unpaired) electrons. The van der Waals surface area contributed by atoms with E-state index in [-0.39, 0.29) is 17.8 Å². The van der Waals surface area contributed by atoms with Crippen molar-refractivity contribution in [2.45, 2.75) is 33.2 Å². The molecule has 2 aromatic heterocycles. The van der Waals surface area contributed by atoms with Crippen LogP contribution in [0.5, 0.6) is 0 Å². The Morgan fingerprint density at radius 2 is 1.93 bits per heavy atom. The van der Waals surface area contributed by atoms with Crippen molar-refractivity contribution in [1.82, 2.24) is 20.0 Å². The van der Waals surface area contributed by atoms with E-state index in [1.54, 1.807) is 6.21 Å². The Balaban J connectivity index is 1.91. The Bertz CT molecular complexity index is 1270. The van der Waals surface area contributed by atoms with Gasteiger partial charge in [0.05, 0.1) is 17.2 Å². The molecule has 1 amide bonds. The SMILES string of the molecule is CC[C@@H](C)NC(=O)c1c(N)n(/N=C\c2cccc(C)c2)c2nc3ccccc3nc12. The number of aryl methyl sites for hydroxylation is 1. The van der Waals surface area contributed by atoms with Gasteiger partial charge in [-0.2, -0.15) is 9.78 Å². The van der Waals surface area contributed by atoms with Crippen molar-refractivity contribution >= 4 is 40.1 Å². The summed E-state index contributed by atoms with van der Waals surface area (Å²) in [5.74, 6) is -0.0639. The highest BCUT2D eigenvalue weighted by molar-refractivity contribution is 6.10. The van der Waals surface area contributed by atoms with E-state index in [0.717, 1.165) is 17.5 Å². The first-order valence-electron chi connectivity index (χ1n) is 9.96. The van der Waals surface area contributed by atoms with Crippen LogP contribution in [0.2, 0.25) is 0 Å². The number of benzene rings is 2. The van der Waals surface area contributed by atoms with Crippen LogP contribution in [-0.4, -0.2) is 32.8 Å². The molecule has 7 nitrogen and oxygen atoms in total. The molecule has 0 spiro atoms. The monoisotopic (exact) mass is 400 g/mol. The largest absolute Gasteiger partial charge is 0.383 e. The molecule has 0 fully saturated rings. The molecule has 3 N–H and O–H groups in total. The highest BCUT2D eigenvalue weighted by atomic mass is 16.1. The summed E-state index contributed by atoms with van der Waals surface area (Å²) in [6, 6.07) is 15.5. The number of para-hydroxylation sites is 2. The van der Waals surface area contributed by atoms with Gasteiger partial charge < -0.3 is 11.1 Å². The van der Waals surface area contributed by atoms with Gasteiger partial charge >= 0.3 is 0 Å². The third-order valence-electron chi connectivity index (χ3n) is 5.06. The molecule has 0 aliphatic rings. The van der Waals surface area contributed by atoms with Crippen molar-refractivity contribution in [1.29, 1.82) is 0 Å². The van der Waals surface area contributed by atoms with Gasteiger partial charge in [-0.1, -0.05) is 48.9 Å². The van der Waals surface area contributed by atoms with Crippen LogP contribution < -0.4 is 11.1 Å². The zero-order chi connectivity index (χ0) is 21.3. The molecule has 4 rings (SSSR count). The predicted octanol–water partition coefficient (Wildman–Crippen LogP) is 3.89. The van der Waals surface area contributed by atoms with E-state index in [1.165, 1.54) is 4.68 Å². The van der Waals surface area contributed by atoms with Crippen molar-refractivity contribution in [3.63, 3.8) is 0 Å². The van der Waals surface area contributed by atoms with Gasteiger partial charge in [-0.15, -0.1) is 0 Å². The fourth-order valence-corrected chi connectivity index (χ4v) is 3.26. The number of hydrogen-bond acceptors (Lipinski definition) is 5. The lowest BCUT2D eigenvalue weighted by Gasteiger charge is -2.11. The molecule has 30 heavy (non-hydrogen) atoms. The molecule has 1 atom stereocenters. The summed E-state index contributed by atoms with van der Waals surface area (Å²) in [5, 5.41) is 7.51. The summed E-state index contributed by atoms with van der Waals surface area (Å²) in [4.78, 5) is 22.4. The number of fused-ring (bicyclic) bond motifs is 2.